The number of amides is 1. The van der Waals surface area contributed by atoms with Crippen molar-refractivity contribution in [3.63, 3.8) is 0 Å². The van der Waals surface area contributed by atoms with Crippen molar-refractivity contribution in [3.8, 4) is 11.5 Å². The summed E-state index contributed by atoms with van der Waals surface area (Å²) in [7, 11) is 0. The fourth-order valence-electron chi connectivity index (χ4n) is 4.68. The van der Waals surface area contributed by atoms with Gasteiger partial charge in [0.15, 0.2) is 11.4 Å². The zero-order chi connectivity index (χ0) is 24.7. The molecule has 3 heterocycles. The van der Waals surface area contributed by atoms with Gasteiger partial charge in [-0.25, -0.2) is 0 Å². The van der Waals surface area contributed by atoms with E-state index in [0.29, 0.717) is 17.2 Å². The summed E-state index contributed by atoms with van der Waals surface area (Å²) in [6.45, 7) is 2.39. The van der Waals surface area contributed by atoms with Gasteiger partial charge in [-0.1, -0.05) is 72.6 Å². The van der Waals surface area contributed by atoms with Crippen LogP contribution in [0.5, 0.6) is 11.5 Å². The maximum atomic E-state index is 13.6. The number of halogens is 2. The second-order valence-corrected chi connectivity index (χ2v) is 9.17. The van der Waals surface area contributed by atoms with E-state index < -0.39 is 23.1 Å². The molecule has 0 unspecified atom stereocenters. The molecule has 7 nitrogen and oxygen atoms in total. The van der Waals surface area contributed by atoms with Crippen LogP contribution in [0.25, 0.3) is 0 Å². The molecule has 180 valence electrons. The Kier molecular flexibility index (Phi) is 6.21. The largest absolute Gasteiger partial charge is 0.502 e. The molecular formula is C26H23Cl2N3O4. The molecule has 2 aromatic carbocycles. The summed E-state index contributed by atoms with van der Waals surface area (Å²) < 4.78 is 7.69. The summed E-state index contributed by atoms with van der Waals surface area (Å²) in [5.74, 6) is -0.574. The van der Waals surface area contributed by atoms with E-state index in [9.17, 15) is 14.7 Å². The first-order valence-corrected chi connectivity index (χ1v) is 12.0. The number of rotatable bonds is 2. The van der Waals surface area contributed by atoms with Gasteiger partial charge in [0.2, 0.25) is 5.43 Å². The lowest BCUT2D eigenvalue weighted by molar-refractivity contribution is 0.0626. The minimum absolute atomic E-state index is 0.0849. The molecule has 2 atom stereocenters. The second-order valence-electron chi connectivity index (χ2n) is 8.39. The van der Waals surface area contributed by atoms with E-state index >= 15 is 0 Å². The molecule has 0 spiro atoms. The number of hydrogen-bond acceptors (Lipinski definition) is 5. The number of carbonyl (C=O) groups is 1. The van der Waals surface area contributed by atoms with Crippen molar-refractivity contribution in [1.29, 1.82) is 0 Å². The number of fused-ring (bicyclic) bond motifs is 5. The van der Waals surface area contributed by atoms with Gasteiger partial charge in [-0.05, 0) is 24.1 Å². The normalized spacial score (nSPS) is 20.4. The van der Waals surface area contributed by atoms with Crippen LogP contribution in [0.15, 0.2) is 71.7 Å². The van der Waals surface area contributed by atoms with Crippen molar-refractivity contribution >= 4 is 29.1 Å². The molecule has 1 amide bonds. The molecule has 1 N–H and O–H groups in total. The quantitative estimate of drug-likeness (QED) is 0.503. The van der Waals surface area contributed by atoms with Gasteiger partial charge in [0.05, 0.1) is 11.1 Å². The highest BCUT2D eigenvalue weighted by Gasteiger charge is 2.39. The van der Waals surface area contributed by atoms with E-state index in [2.05, 4.69) is 0 Å². The zero-order valence-electron chi connectivity index (χ0n) is 18.9. The van der Waals surface area contributed by atoms with Crippen molar-refractivity contribution in [1.82, 2.24) is 9.58 Å². The Morgan fingerprint density at radius 1 is 1.09 bits per heavy atom. The van der Waals surface area contributed by atoms with Gasteiger partial charge in [-0.3, -0.25) is 19.3 Å². The molecular weight excluding hydrogens is 489 g/mol. The minimum atomic E-state index is -0.617. The Morgan fingerprint density at radius 2 is 1.86 bits per heavy atom. The number of hydrogen-bond donors (Lipinski definition) is 1. The first kappa shape index (κ1) is 23.3. The van der Waals surface area contributed by atoms with E-state index in [1.807, 2.05) is 60.5 Å². The number of carbonyl (C=O) groups excluding carboxylic acids is 1. The van der Waals surface area contributed by atoms with E-state index in [4.69, 9.17) is 27.9 Å². The summed E-state index contributed by atoms with van der Waals surface area (Å²) >= 11 is 13.0. The highest BCUT2D eigenvalue weighted by molar-refractivity contribution is 6.43. The van der Waals surface area contributed by atoms with Gasteiger partial charge in [-0.15, -0.1) is 0 Å². The lowest BCUT2D eigenvalue weighted by atomic mass is 9.96. The highest BCUT2D eigenvalue weighted by atomic mass is 35.5. The third-order valence-electron chi connectivity index (χ3n) is 6.38. The number of nitrogens with zero attached hydrogens (tertiary/aromatic N) is 3. The third kappa shape index (κ3) is 3.94. The molecule has 1 aromatic heterocycles. The Labute approximate surface area is 212 Å². The molecule has 2 aliphatic heterocycles. The third-order valence-corrected chi connectivity index (χ3v) is 7.17. The lowest BCUT2D eigenvalue weighted by Gasteiger charge is -2.45. The van der Waals surface area contributed by atoms with Crippen LogP contribution in [-0.2, 0) is 0 Å². The number of aromatic hydroxyl groups is 1. The van der Waals surface area contributed by atoms with Gasteiger partial charge in [0.1, 0.15) is 30.1 Å². The van der Waals surface area contributed by atoms with Crippen LogP contribution in [0.1, 0.15) is 41.0 Å². The summed E-state index contributed by atoms with van der Waals surface area (Å²) in [4.78, 5) is 27.6. The average molecular weight is 512 g/mol. The molecule has 0 aliphatic carbocycles. The fraction of sp³-hybridized carbons (Fsp3) is 0.231. The maximum absolute atomic E-state index is 13.6. The molecule has 0 fully saturated rings. The Hall–Kier alpha value is -3.42. The van der Waals surface area contributed by atoms with Crippen molar-refractivity contribution in [2.45, 2.75) is 25.4 Å². The van der Waals surface area contributed by atoms with Gasteiger partial charge < -0.3 is 14.7 Å². The number of aromatic nitrogens is 1. The van der Waals surface area contributed by atoms with Crippen molar-refractivity contribution in [2.24, 2.45) is 0 Å². The second kappa shape index (κ2) is 9.32. The van der Waals surface area contributed by atoms with Crippen molar-refractivity contribution in [3.05, 3.63) is 104 Å². The van der Waals surface area contributed by atoms with E-state index in [0.717, 1.165) is 11.1 Å². The topological polar surface area (TPSA) is 75.0 Å². The van der Waals surface area contributed by atoms with Gasteiger partial charge in [0.25, 0.3) is 5.91 Å². The van der Waals surface area contributed by atoms with Crippen LogP contribution >= 0.6 is 23.2 Å². The van der Waals surface area contributed by atoms with Crippen LogP contribution in [0.4, 0.5) is 0 Å². The van der Waals surface area contributed by atoms with Crippen LogP contribution in [-0.4, -0.2) is 39.9 Å². The van der Waals surface area contributed by atoms with E-state index in [-0.39, 0.29) is 30.0 Å². The van der Waals surface area contributed by atoms with E-state index in [1.54, 1.807) is 15.6 Å². The molecule has 0 saturated heterocycles. The monoisotopic (exact) mass is 511 g/mol. The number of benzene rings is 2. The van der Waals surface area contributed by atoms with Crippen LogP contribution < -0.4 is 15.2 Å². The number of ether oxygens (including phenoxy) is 1. The van der Waals surface area contributed by atoms with Crippen LogP contribution in [0.2, 0.25) is 10.0 Å². The first-order valence-electron chi connectivity index (χ1n) is 11.3. The summed E-state index contributed by atoms with van der Waals surface area (Å²) in [6, 6.07) is 13.7. The smallest absolute Gasteiger partial charge is 0.278 e. The molecule has 2 bridgehead atoms. The molecule has 0 radical (unpaired) electrons. The lowest BCUT2D eigenvalue weighted by Crippen LogP contribution is -2.57. The molecule has 9 heteroatoms. The van der Waals surface area contributed by atoms with Gasteiger partial charge in [0, 0.05) is 17.8 Å². The van der Waals surface area contributed by atoms with E-state index in [1.165, 1.54) is 12.3 Å². The maximum Gasteiger partial charge on any atom is 0.278 e. The predicted molar refractivity (Wildman–Crippen MR) is 135 cm³/mol. The standard InChI is InChI=1S/C26H23Cl2N3O4/c1-2-17-9-6-14-35-25-18(10-11-19(27)21(25)28)22(16-7-4-3-5-8-16)31-15-29(17)26(34)23-24(33)20(32)12-13-30(23)31/h3-13,17,22,33H,2,14-15H2,1H3/b9-6+/t17-,22+/m1/s1. The summed E-state index contributed by atoms with van der Waals surface area (Å²) in [5.41, 5.74) is 0.925. The molecule has 0 saturated carbocycles. The molecule has 3 aromatic rings. The fourth-order valence-corrected chi connectivity index (χ4v) is 5.05. The van der Waals surface area contributed by atoms with Crippen LogP contribution in [0, 0.1) is 0 Å². The SMILES string of the molecule is CC[C@@H]1/C=C/COc2c(ccc(Cl)c2Cl)[C@H](c2ccccc2)N2CN1C(=O)c1c(O)c(=O)ccn12. The van der Waals surface area contributed by atoms with Crippen LogP contribution in [0.3, 0.4) is 0 Å². The summed E-state index contributed by atoms with van der Waals surface area (Å²) in [6.07, 6.45) is 5.87. The van der Waals surface area contributed by atoms with Crippen molar-refractivity contribution in [2.75, 3.05) is 18.3 Å². The zero-order valence-corrected chi connectivity index (χ0v) is 20.4. The van der Waals surface area contributed by atoms with Gasteiger partial charge in [-0.2, -0.15) is 0 Å². The molecule has 2 aliphatic rings. The average Bonchev–Trinajstić information content (AvgIpc) is 2.89. The molecule has 35 heavy (non-hydrogen) atoms. The van der Waals surface area contributed by atoms with Crippen molar-refractivity contribution < 1.29 is 14.6 Å². The molecule has 5 rings (SSSR count). The Bertz CT molecular complexity index is 1370. The summed E-state index contributed by atoms with van der Waals surface area (Å²) in [5, 5.41) is 13.3. The Balaban J connectivity index is 1.84. The highest BCUT2D eigenvalue weighted by Crippen LogP contribution is 2.43. The minimum Gasteiger partial charge on any atom is -0.502 e. The first-order chi connectivity index (χ1) is 16.9. The predicted octanol–water partition coefficient (Wildman–Crippen LogP) is 4.73. The number of pyridine rings is 1. The Morgan fingerprint density at radius 3 is 2.60 bits per heavy atom. The van der Waals surface area contributed by atoms with Gasteiger partial charge >= 0.3 is 0 Å².